The molecule has 0 saturated heterocycles. The third-order valence-corrected chi connectivity index (χ3v) is 2.49. The second-order valence-electron chi connectivity index (χ2n) is 5.45. The first kappa shape index (κ1) is 22.5. The highest BCUT2D eigenvalue weighted by Gasteiger charge is 2.51. The number of hydrogen-bond donors (Lipinski definition) is 0. The lowest BCUT2D eigenvalue weighted by Gasteiger charge is -2.30. The Hall–Kier alpha value is -1.74. The number of nitrogens with zero attached hydrogens (tertiary/aromatic N) is 1. The lowest BCUT2D eigenvalue weighted by molar-refractivity contribution is -0.0573. The summed E-state index contributed by atoms with van der Waals surface area (Å²) in [4.78, 5) is 12.4. The average Bonchev–Trinajstić information content (AvgIpc) is 2.26. The third-order valence-electron chi connectivity index (χ3n) is 2.49. The minimum absolute atomic E-state index is 0. The summed E-state index contributed by atoms with van der Waals surface area (Å²) in [5.74, 6) is 0. The van der Waals surface area contributed by atoms with Crippen LogP contribution in [0.4, 0.5) is 18.0 Å². The van der Waals surface area contributed by atoms with E-state index in [1.54, 1.807) is 26.8 Å². The topological polar surface area (TPSA) is 92.5 Å². The van der Waals surface area contributed by atoms with Gasteiger partial charge in [-0.15, -0.1) is 0 Å². The Labute approximate surface area is 127 Å². The number of rotatable bonds is 2. The number of halogens is 3. The smallest absolute Gasteiger partial charge is 0.421 e. The molecule has 0 aliphatic rings. The van der Waals surface area contributed by atoms with Gasteiger partial charge in [0, 0.05) is 7.05 Å². The quantitative estimate of drug-likeness (QED) is 0.765. The maximum atomic E-state index is 13.2. The summed E-state index contributed by atoms with van der Waals surface area (Å²) in [5.41, 5.74) is -0.855. The summed E-state index contributed by atoms with van der Waals surface area (Å²) in [5, 5.41) is 0. The molecule has 1 rings (SSSR count). The molecule has 0 aliphatic carbocycles. The largest absolute Gasteiger partial charge is 0.445 e. The minimum atomic E-state index is -4.58. The van der Waals surface area contributed by atoms with Gasteiger partial charge in [-0.3, -0.25) is 0 Å². The van der Waals surface area contributed by atoms with Crippen molar-refractivity contribution < 1.29 is 33.7 Å². The molecule has 0 bridgehead atoms. The molecule has 0 heterocycles. The normalized spacial score (nSPS) is 10.9. The minimum Gasteiger partial charge on any atom is -0.445 e. The lowest BCUT2D eigenvalue weighted by Crippen LogP contribution is -2.59. The van der Waals surface area contributed by atoms with E-state index in [1.165, 1.54) is 24.3 Å². The molecule has 0 aliphatic heterocycles. The molecule has 9 heteroatoms. The van der Waals surface area contributed by atoms with E-state index in [4.69, 9.17) is 4.74 Å². The van der Waals surface area contributed by atoms with Gasteiger partial charge in [0.2, 0.25) is 0 Å². The van der Waals surface area contributed by atoms with E-state index >= 15 is 0 Å². The second-order valence-corrected chi connectivity index (χ2v) is 5.45. The second kappa shape index (κ2) is 8.04. The summed E-state index contributed by atoms with van der Waals surface area (Å²) in [6.07, 6.45) is -5.59. The van der Waals surface area contributed by atoms with Gasteiger partial charge in [0.15, 0.2) is 0 Å². The number of ether oxygens (including phenoxy) is 1. The molecule has 0 fully saturated rings. The molecule has 22 heavy (non-hydrogen) atoms. The molecule has 0 atom stereocenters. The van der Waals surface area contributed by atoms with Crippen LogP contribution in [-0.4, -0.2) is 47.4 Å². The van der Waals surface area contributed by atoms with Crippen LogP contribution in [-0.2, 0) is 4.74 Å². The van der Waals surface area contributed by atoms with Crippen molar-refractivity contribution in [3.05, 3.63) is 30.3 Å². The van der Waals surface area contributed by atoms with Gasteiger partial charge < -0.3 is 20.5 Å². The number of alkyl halides is 3. The highest BCUT2D eigenvalue weighted by molar-refractivity contribution is 6.74. The number of carbonyl (C=O) groups excluding carboxylic acids is 1. The molecule has 1 aromatic rings. The lowest BCUT2D eigenvalue weighted by atomic mass is 9.53. The number of benzene rings is 1. The number of hydrogen-bond acceptors (Lipinski definition) is 2. The zero-order chi connectivity index (χ0) is 15.6. The van der Waals surface area contributed by atoms with Crippen LogP contribution in [0.25, 0.3) is 0 Å². The Morgan fingerprint density at radius 3 is 1.91 bits per heavy atom. The Morgan fingerprint density at radius 1 is 1.09 bits per heavy atom. The fourth-order valence-electron chi connectivity index (χ4n) is 1.71. The number of amides is 1. The number of carbonyl (C=O) groups is 1. The van der Waals surface area contributed by atoms with Gasteiger partial charge in [0.1, 0.15) is 5.60 Å². The van der Waals surface area contributed by atoms with Crippen molar-refractivity contribution in [3.63, 3.8) is 0 Å². The van der Waals surface area contributed by atoms with Crippen LogP contribution in [0.2, 0.25) is 0 Å². The Kier molecular flexibility index (Phi) is 8.24. The standard InChI is InChI=1S/C13H17BF3NO2.2H2O/c1-12(2,3)20-11(19)18(4)14(13(15,16)17)10-8-6-5-7-9-10;;/h5-9H,1-4H3;2*1H2. The first-order valence-electron chi connectivity index (χ1n) is 6.10. The van der Waals surface area contributed by atoms with Crippen molar-refractivity contribution >= 4 is 18.4 Å². The highest BCUT2D eigenvalue weighted by atomic mass is 19.4. The molecule has 0 radical (unpaired) electrons. The zero-order valence-corrected chi connectivity index (χ0v) is 12.9. The molecule has 0 aromatic heterocycles. The summed E-state index contributed by atoms with van der Waals surface area (Å²) in [6.45, 7) is 2.77. The van der Waals surface area contributed by atoms with Gasteiger partial charge in [0.25, 0.3) is 0 Å². The first-order valence-corrected chi connectivity index (χ1v) is 6.10. The van der Waals surface area contributed by atoms with Crippen LogP contribution >= 0.6 is 0 Å². The van der Waals surface area contributed by atoms with Crippen LogP contribution in [0.1, 0.15) is 20.8 Å². The van der Waals surface area contributed by atoms with Gasteiger partial charge in [-0.2, -0.15) is 13.2 Å². The van der Waals surface area contributed by atoms with Crippen molar-refractivity contribution in [2.75, 3.05) is 7.05 Å². The van der Waals surface area contributed by atoms with Crippen LogP contribution < -0.4 is 5.46 Å². The van der Waals surface area contributed by atoms with Crippen molar-refractivity contribution in [1.29, 1.82) is 0 Å². The molecule has 1 aromatic carbocycles. The van der Waals surface area contributed by atoms with E-state index in [0.717, 1.165) is 7.05 Å². The SMILES string of the molecule is CN(B(c1ccccc1)C(F)(F)F)C(=O)OC(C)(C)C.O.O. The molecule has 126 valence electrons. The fraction of sp³-hybridized carbons (Fsp3) is 0.462. The van der Waals surface area contributed by atoms with Crippen molar-refractivity contribution in [2.24, 2.45) is 0 Å². The molecule has 5 nitrogen and oxygen atoms in total. The monoisotopic (exact) mass is 323 g/mol. The van der Waals surface area contributed by atoms with E-state index in [2.05, 4.69) is 0 Å². The summed E-state index contributed by atoms with van der Waals surface area (Å²) >= 11 is 0. The maximum absolute atomic E-state index is 13.2. The van der Waals surface area contributed by atoms with Gasteiger partial charge >= 0.3 is 19.0 Å². The van der Waals surface area contributed by atoms with Gasteiger partial charge in [-0.25, -0.2) is 4.79 Å². The first-order chi connectivity index (χ1) is 9.02. The molecule has 0 unspecified atom stereocenters. The highest BCUT2D eigenvalue weighted by Crippen LogP contribution is 2.22. The van der Waals surface area contributed by atoms with E-state index in [1.807, 2.05) is 0 Å². The van der Waals surface area contributed by atoms with Crippen LogP contribution in [0, 0.1) is 0 Å². The Bertz CT molecular complexity index is 463. The fourth-order valence-corrected chi connectivity index (χ4v) is 1.71. The maximum Gasteiger partial charge on any atom is 0.421 e. The van der Waals surface area contributed by atoms with Crippen LogP contribution in [0.15, 0.2) is 30.3 Å². The Morgan fingerprint density at radius 2 is 1.55 bits per heavy atom. The van der Waals surface area contributed by atoms with Gasteiger partial charge in [0.05, 0.1) is 0 Å². The Balaban J connectivity index is 0. The predicted octanol–water partition coefficient (Wildman–Crippen LogP) is 1.20. The molecule has 1 amide bonds. The summed E-state index contributed by atoms with van der Waals surface area (Å²) < 4.78 is 44.6. The average molecular weight is 323 g/mol. The third kappa shape index (κ3) is 6.36. The van der Waals surface area contributed by atoms with E-state index in [9.17, 15) is 18.0 Å². The summed E-state index contributed by atoms with van der Waals surface area (Å²) in [6, 6.07) is 7.27. The van der Waals surface area contributed by atoms with Gasteiger partial charge in [-0.05, 0) is 26.2 Å². The summed E-state index contributed by atoms with van der Waals surface area (Å²) in [7, 11) is 1.08. The van der Waals surface area contributed by atoms with Gasteiger partial charge in [-0.1, -0.05) is 30.3 Å². The van der Waals surface area contributed by atoms with E-state index < -0.39 is 24.6 Å². The van der Waals surface area contributed by atoms with Crippen molar-refractivity contribution in [3.8, 4) is 0 Å². The molecular formula is C13H21BF3NO4. The van der Waals surface area contributed by atoms with Crippen LogP contribution in [0.5, 0.6) is 0 Å². The van der Waals surface area contributed by atoms with E-state index in [-0.39, 0.29) is 16.4 Å². The zero-order valence-electron chi connectivity index (χ0n) is 12.9. The molecule has 0 spiro atoms. The van der Waals surface area contributed by atoms with Crippen molar-refractivity contribution in [2.45, 2.75) is 32.4 Å². The van der Waals surface area contributed by atoms with Crippen molar-refractivity contribution in [1.82, 2.24) is 4.81 Å². The molecule has 0 saturated carbocycles. The molecular weight excluding hydrogens is 302 g/mol. The molecule has 4 N–H and O–H groups in total. The van der Waals surface area contributed by atoms with E-state index in [0.29, 0.717) is 4.81 Å². The van der Waals surface area contributed by atoms with Crippen LogP contribution in [0.3, 0.4) is 0 Å². The predicted molar refractivity (Wildman–Crippen MR) is 79.1 cm³/mol.